The van der Waals surface area contributed by atoms with E-state index in [1.54, 1.807) is 0 Å². The molecule has 0 saturated carbocycles. The Hall–Kier alpha value is -2.83. The minimum Gasteiger partial charge on any atom is -0.494 e. The van der Waals surface area contributed by atoms with Gasteiger partial charge in [0.1, 0.15) is 5.75 Å². The lowest BCUT2D eigenvalue weighted by Crippen LogP contribution is -2.36. The van der Waals surface area contributed by atoms with Crippen molar-refractivity contribution in [2.24, 2.45) is 0 Å². The SMILES string of the molecule is CCCCC(C)N1CC=C(c2c[nH]c3ccc(NC(=S)Nc4cccc(OCC)c4)cc23)CC1. The maximum atomic E-state index is 5.58. The van der Waals surface area contributed by atoms with Gasteiger partial charge in [0.15, 0.2) is 5.11 Å². The molecule has 0 amide bonds. The Kier molecular flexibility index (Phi) is 8.25. The number of aromatic nitrogens is 1. The number of rotatable bonds is 9. The van der Waals surface area contributed by atoms with Crippen LogP contribution < -0.4 is 15.4 Å². The molecule has 2 aromatic carbocycles. The van der Waals surface area contributed by atoms with Crippen LogP contribution in [0.5, 0.6) is 5.75 Å². The van der Waals surface area contributed by atoms with Gasteiger partial charge in [-0.05, 0) is 74.8 Å². The molecule has 3 aromatic rings. The highest BCUT2D eigenvalue weighted by molar-refractivity contribution is 7.80. The average Bonchev–Trinajstić information content (AvgIpc) is 3.26. The van der Waals surface area contributed by atoms with Crippen molar-refractivity contribution in [1.29, 1.82) is 0 Å². The van der Waals surface area contributed by atoms with Crippen LogP contribution in [-0.4, -0.2) is 40.7 Å². The van der Waals surface area contributed by atoms with Gasteiger partial charge in [0.05, 0.1) is 6.61 Å². The second-order valence-electron chi connectivity index (χ2n) is 8.97. The Morgan fingerprint density at radius 3 is 2.71 bits per heavy atom. The Bertz CT molecular complexity index is 1150. The summed E-state index contributed by atoms with van der Waals surface area (Å²) in [5.41, 5.74) is 5.73. The highest BCUT2D eigenvalue weighted by Crippen LogP contribution is 2.31. The summed E-state index contributed by atoms with van der Waals surface area (Å²) in [7, 11) is 0. The Morgan fingerprint density at radius 2 is 1.97 bits per heavy atom. The first kappa shape index (κ1) is 24.3. The van der Waals surface area contributed by atoms with Gasteiger partial charge in [-0.2, -0.15) is 0 Å². The van der Waals surface area contributed by atoms with E-state index in [2.05, 4.69) is 64.8 Å². The molecule has 0 bridgehead atoms. The smallest absolute Gasteiger partial charge is 0.175 e. The molecule has 3 N–H and O–H groups in total. The molecule has 1 aromatic heterocycles. The highest BCUT2D eigenvalue weighted by atomic mass is 32.1. The van der Waals surface area contributed by atoms with Crippen molar-refractivity contribution in [3.05, 3.63) is 60.3 Å². The summed E-state index contributed by atoms with van der Waals surface area (Å²) in [6.45, 7) is 9.39. The van der Waals surface area contributed by atoms with Crippen molar-refractivity contribution < 1.29 is 4.74 Å². The van der Waals surface area contributed by atoms with Gasteiger partial charge in [-0.3, -0.25) is 4.90 Å². The fourth-order valence-electron chi connectivity index (χ4n) is 4.60. The predicted octanol–water partition coefficient (Wildman–Crippen LogP) is 7.04. The van der Waals surface area contributed by atoms with Crippen LogP contribution in [0.25, 0.3) is 16.5 Å². The molecular weight excluding hydrogens is 440 g/mol. The predicted molar refractivity (Wildman–Crippen MR) is 149 cm³/mol. The van der Waals surface area contributed by atoms with E-state index in [4.69, 9.17) is 17.0 Å². The molecule has 1 aliphatic heterocycles. The Balaban J connectivity index is 1.44. The van der Waals surface area contributed by atoms with E-state index in [-0.39, 0.29) is 0 Å². The third kappa shape index (κ3) is 5.99. The van der Waals surface area contributed by atoms with Crippen LogP contribution in [-0.2, 0) is 0 Å². The van der Waals surface area contributed by atoms with Crippen LogP contribution in [0.15, 0.2) is 54.7 Å². The second kappa shape index (κ2) is 11.5. The molecule has 6 heteroatoms. The maximum absolute atomic E-state index is 5.58. The van der Waals surface area contributed by atoms with Crippen LogP contribution in [0.1, 0.15) is 52.0 Å². The van der Waals surface area contributed by atoms with Crippen LogP contribution in [0.2, 0.25) is 0 Å². The number of anilines is 2. The van der Waals surface area contributed by atoms with E-state index >= 15 is 0 Å². The Labute approximate surface area is 208 Å². The van der Waals surface area contributed by atoms with Crippen molar-refractivity contribution >= 4 is 45.2 Å². The first-order chi connectivity index (χ1) is 16.6. The molecule has 2 heterocycles. The maximum Gasteiger partial charge on any atom is 0.175 e. The molecule has 0 aliphatic carbocycles. The summed E-state index contributed by atoms with van der Waals surface area (Å²) in [4.78, 5) is 6.04. The number of unbranched alkanes of at least 4 members (excludes halogenated alkanes) is 1. The molecular formula is C28H36N4OS. The summed E-state index contributed by atoms with van der Waals surface area (Å²) in [5, 5.41) is 8.37. The first-order valence-electron chi connectivity index (χ1n) is 12.4. The summed E-state index contributed by atoms with van der Waals surface area (Å²) in [6, 6.07) is 14.8. The number of fused-ring (bicyclic) bond motifs is 1. The van der Waals surface area contributed by atoms with E-state index < -0.39 is 0 Å². The number of ether oxygens (including phenoxy) is 1. The third-order valence-electron chi connectivity index (χ3n) is 6.53. The number of hydrogen-bond acceptors (Lipinski definition) is 3. The lowest BCUT2D eigenvalue weighted by Gasteiger charge is -2.32. The molecule has 4 rings (SSSR count). The first-order valence-corrected chi connectivity index (χ1v) is 12.8. The number of thiocarbonyl (C=S) groups is 1. The molecule has 0 radical (unpaired) electrons. The van der Waals surface area contributed by atoms with Gasteiger partial charge in [0, 0.05) is 59.2 Å². The van der Waals surface area contributed by atoms with Gasteiger partial charge in [-0.15, -0.1) is 0 Å². The van der Waals surface area contributed by atoms with Crippen molar-refractivity contribution in [3.8, 4) is 5.75 Å². The van der Waals surface area contributed by atoms with Gasteiger partial charge in [0.25, 0.3) is 0 Å². The molecule has 5 nitrogen and oxygen atoms in total. The molecule has 1 aliphatic rings. The molecule has 0 fully saturated rings. The second-order valence-corrected chi connectivity index (χ2v) is 9.38. The summed E-state index contributed by atoms with van der Waals surface area (Å²) >= 11 is 5.57. The zero-order valence-corrected chi connectivity index (χ0v) is 21.3. The standard InChI is InChI=1S/C28H36N4OS/c1-4-6-8-20(3)32-15-13-21(14-16-32)26-19-29-27-12-11-23(18-25(26)27)31-28(34)30-22-9-7-10-24(17-22)33-5-2/h7,9-13,17-20,29H,4-6,8,14-16H2,1-3H3,(H2,30,31,34). The highest BCUT2D eigenvalue weighted by Gasteiger charge is 2.19. The number of benzene rings is 2. The Morgan fingerprint density at radius 1 is 1.15 bits per heavy atom. The number of H-pyrrole nitrogens is 1. The molecule has 180 valence electrons. The van der Waals surface area contributed by atoms with E-state index in [1.807, 2.05) is 31.2 Å². The lowest BCUT2D eigenvalue weighted by molar-refractivity contribution is 0.217. The van der Waals surface area contributed by atoms with Gasteiger partial charge < -0.3 is 20.4 Å². The number of nitrogens with zero attached hydrogens (tertiary/aromatic N) is 1. The zero-order valence-electron chi connectivity index (χ0n) is 20.5. The molecule has 1 unspecified atom stereocenters. The minimum atomic E-state index is 0.554. The van der Waals surface area contributed by atoms with Crippen LogP contribution in [0.4, 0.5) is 11.4 Å². The van der Waals surface area contributed by atoms with Crippen molar-refractivity contribution in [2.75, 3.05) is 30.3 Å². The summed E-state index contributed by atoms with van der Waals surface area (Å²) in [6.07, 6.45) is 9.49. The molecule has 0 spiro atoms. The molecule has 34 heavy (non-hydrogen) atoms. The van der Waals surface area contributed by atoms with E-state index in [9.17, 15) is 0 Å². The summed E-state index contributed by atoms with van der Waals surface area (Å²) in [5.74, 6) is 0.827. The summed E-state index contributed by atoms with van der Waals surface area (Å²) < 4.78 is 5.58. The topological polar surface area (TPSA) is 52.3 Å². The lowest BCUT2D eigenvalue weighted by atomic mass is 9.97. The van der Waals surface area contributed by atoms with Gasteiger partial charge in [-0.1, -0.05) is 31.9 Å². The third-order valence-corrected chi connectivity index (χ3v) is 6.73. The van der Waals surface area contributed by atoms with E-state index in [0.29, 0.717) is 17.8 Å². The van der Waals surface area contributed by atoms with Gasteiger partial charge in [0.2, 0.25) is 0 Å². The number of aromatic amines is 1. The fraction of sp³-hybridized carbons (Fsp3) is 0.393. The monoisotopic (exact) mass is 476 g/mol. The van der Waals surface area contributed by atoms with Crippen LogP contribution in [0.3, 0.4) is 0 Å². The zero-order chi connectivity index (χ0) is 23.9. The van der Waals surface area contributed by atoms with Crippen LogP contribution in [0, 0.1) is 0 Å². The van der Waals surface area contributed by atoms with Crippen molar-refractivity contribution in [2.45, 2.75) is 52.5 Å². The van der Waals surface area contributed by atoms with Gasteiger partial charge in [-0.25, -0.2) is 0 Å². The van der Waals surface area contributed by atoms with Crippen molar-refractivity contribution in [3.63, 3.8) is 0 Å². The van der Waals surface area contributed by atoms with Gasteiger partial charge >= 0.3 is 0 Å². The normalized spacial score (nSPS) is 15.1. The van der Waals surface area contributed by atoms with Crippen molar-refractivity contribution in [1.82, 2.24) is 9.88 Å². The average molecular weight is 477 g/mol. The largest absolute Gasteiger partial charge is 0.494 e. The quantitative estimate of drug-likeness (QED) is 0.289. The fourth-order valence-corrected chi connectivity index (χ4v) is 4.84. The van der Waals surface area contributed by atoms with E-state index in [1.165, 1.54) is 35.8 Å². The van der Waals surface area contributed by atoms with E-state index in [0.717, 1.165) is 42.2 Å². The molecule has 1 atom stereocenters. The minimum absolute atomic E-state index is 0.554. The number of nitrogens with one attached hydrogen (secondary N) is 3. The van der Waals surface area contributed by atoms with Crippen LogP contribution >= 0.6 is 12.2 Å². The number of hydrogen-bond donors (Lipinski definition) is 3. The molecule has 0 saturated heterocycles.